The highest BCUT2D eigenvalue weighted by Gasteiger charge is 2.55. The minimum absolute atomic E-state index is 0.0635. The van der Waals surface area contributed by atoms with Gasteiger partial charge in [-0.3, -0.25) is 18.8 Å². The molecule has 0 bridgehead atoms. The fraction of sp³-hybridized carbons (Fsp3) is 0.848. The molecule has 5 aliphatic rings. The molecule has 0 aromatic carbocycles. The van der Waals surface area contributed by atoms with Gasteiger partial charge in [-0.2, -0.15) is 16.8 Å². The molecule has 2 saturated heterocycles. The molecule has 0 spiro atoms. The lowest BCUT2D eigenvalue weighted by Crippen LogP contribution is -2.43. The van der Waals surface area contributed by atoms with Crippen molar-refractivity contribution >= 4 is 26.0 Å². The Kier molecular flexibility index (Phi) is 9.93. The Balaban J connectivity index is 1.34. The summed E-state index contributed by atoms with van der Waals surface area (Å²) in [7, 11) is -5.99. The summed E-state index contributed by atoms with van der Waals surface area (Å²) >= 11 is 0. The Morgan fingerprint density at radius 3 is 2.16 bits per heavy atom. The van der Waals surface area contributed by atoms with E-state index in [9.17, 15) is 30.7 Å². The Hall–Kier alpha value is -1.15. The molecule has 12 heteroatoms. The highest BCUT2D eigenvalue weighted by molar-refractivity contribution is 7.86. The van der Waals surface area contributed by atoms with Crippen molar-refractivity contribution in [3.8, 4) is 0 Å². The van der Waals surface area contributed by atoms with Crippen molar-refractivity contribution in [2.75, 3.05) is 13.6 Å². The van der Waals surface area contributed by atoms with Gasteiger partial charge >= 0.3 is 0 Å². The van der Waals surface area contributed by atoms with E-state index >= 15 is 0 Å². The molecule has 0 aromatic heterocycles. The number of ketones is 1. The fourth-order valence-electron chi connectivity index (χ4n) is 9.85. The van der Waals surface area contributed by atoms with E-state index in [1.165, 1.54) is 0 Å². The fourth-order valence-corrected chi connectivity index (χ4v) is 11.6. The summed E-state index contributed by atoms with van der Waals surface area (Å²) in [6.45, 7) is 11.1. The van der Waals surface area contributed by atoms with Crippen LogP contribution in [0.1, 0.15) is 86.0 Å². The lowest BCUT2D eigenvalue weighted by atomic mass is 9.68. The zero-order chi connectivity index (χ0) is 33.1. The number of fused-ring (bicyclic) bond motifs is 2. The number of hydrogen-bond acceptors (Lipinski definition) is 8. The molecule has 2 aliphatic carbocycles. The molecule has 0 amide bonds. The second-order valence-electron chi connectivity index (χ2n) is 15.9. The molecule has 11 atom stereocenters. The van der Waals surface area contributed by atoms with Gasteiger partial charge in [0.05, 0.1) is 10.5 Å². The highest BCUT2D eigenvalue weighted by atomic mass is 32.2. The molecule has 3 heterocycles. The summed E-state index contributed by atoms with van der Waals surface area (Å²) in [5, 5.41) is 6.06. The predicted octanol–water partition coefficient (Wildman–Crippen LogP) is 3.86. The molecule has 4 N–H and O–H groups in total. The molecule has 45 heavy (non-hydrogen) atoms. The van der Waals surface area contributed by atoms with Crippen LogP contribution in [-0.2, 0) is 25.0 Å². The lowest BCUT2D eigenvalue weighted by molar-refractivity contribution is -0.119. The third-order valence-electron chi connectivity index (χ3n) is 12.8. The number of nitrogens with zero attached hydrogens (tertiary/aromatic N) is 1. The first kappa shape index (κ1) is 35.2. The van der Waals surface area contributed by atoms with Gasteiger partial charge in [0.1, 0.15) is 5.78 Å². The number of carbonyl (C=O) groups is 1. The van der Waals surface area contributed by atoms with Crippen LogP contribution in [0.3, 0.4) is 0 Å². The molecule has 11 unspecified atom stereocenters. The number of nitrogens with one attached hydrogen (secondary N) is 2. The second-order valence-corrected chi connectivity index (χ2v) is 19.3. The molecule has 4 fully saturated rings. The van der Waals surface area contributed by atoms with Crippen LogP contribution in [0.15, 0.2) is 24.3 Å². The minimum atomic E-state index is -4.07. The van der Waals surface area contributed by atoms with Gasteiger partial charge in [-0.05, 0) is 93.9 Å². The average Bonchev–Trinajstić information content (AvgIpc) is 3.32. The SMILES string of the molecule is CC(=O)C1C=CC(C(/C=C/C2N(C)C3CCC(S(=O)(=O)O)CC3C2(C)C)CCC2NC3CCC(S(=O)(=O)O)CC3C2(C)C)NC1. The van der Waals surface area contributed by atoms with Crippen LogP contribution in [0.25, 0.3) is 0 Å². The standard InChI is InChI=1S/C33H55N3O7S2/c1-20(37)22-7-12-27(34-19-22)21(8-15-30-32(2,3)25-17-23(44(38,39)40)10-13-28(25)35-30)9-16-31-33(4,5)26-18-24(45(41,42)43)11-14-29(26)36(31)6/h7,9,12,16,21-31,34-35H,8,10-11,13-15,17-19H2,1-6H3,(H,38,39,40)(H,41,42,43)/b16-9+. The topological polar surface area (TPSA) is 153 Å². The van der Waals surface area contributed by atoms with Gasteiger partial charge in [0.15, 0.2) is 0 Å². The van der Waals surface area contributed by atoms with E-state index in [0.717, 1.165) is 25.7 Å². The van der Waals surface area contributed by atoms with Gasteiger partial charge in [0, 0.05) is 42.7 Å². The van der Waals surface area contributed by atoms with Crippen molar-refractivity contribution in [1.82, 2.24) is 15.5 Å². The summed E-state index contributed by atoms with van der Waals surface area (Å²) in [6.07, 6.45) is 14.0. The Morgan fingerprint density at radius 2 is 1.58 bits per heavy atom. The molecule has 5 rings (SSSR count). The number of hydrogen-bond donors (Lipinski definition) is 4. The highest BCUT2D eigenvalue weighted by Crippen LogP contribution is 2.52. The Morgan fingerprint density at radius 1 is 0.956 bits per heavy atom. The lowest BCUT2D eigenvalue weighted by Gasteiger charge is -2.38. The Labute approximate surface area is 270 Å². The minimum Gasteiger partial charge on any atom is -0.310 e. The van der Waals surface area contributed by atoms with Gasteiger partial charge in [-0.1, -0.05) is 52.0 Å². The number of Topliss-reactive ketones (excluding diaryl/α,β-unsaturated/α-hetero) is 1. The van der Waals surface area contributed by atoms with Crippen LogP contribution in [0.4, 0.5) is 0 Å². The monoisotopic (exact) mass is 669 g/mol. The number of carbonyl (C=O) groups excluding carboxylic acids is 1. The smallest absolute Gasteiger partial charge is 0.267 e. The second kappa shape index (κ2) is 12.7. The normalized spacial score (nSPS) is 40.7. The number of likely N-dealkylation sites (tertiary alicyclic amines) is 1. The molecular weight excluding hydrogens is 615 g/mol. The molecule has 2 saturated carbocycles. The number of likely N-dealkylation sites (N-methyl/N-ethyl adjacent to an activating group) is 1. The summed E-state index contributed by atoms with van der Waals surface area (Å²) in [5.74, 6) is 0.492. The Bertz CT molecular complexity index is 1390. The van der Waals surface area contributed by atoms with Gasteiger partial charge in [-0.15, -0.1) is 0 Å². The first-order valence-electron chi connectivity index (χ1n) is 16.8. The molecule has 256 valence electrons. The van der Waals surface area contributed by atoms with Crippen LogP contribution in [0.5, 0.6) is 0 Å². The van der Waals surface area contributed by atoms with E-state index in [4.69, 9.17) is 0 Å². The van der Waals surface area contributed by atoms with Gasteiger partial charge in [0.25, 0.3) is 20.2 Å². The maximum Gasteiger partial charge on any atom is 0.267 e. The zero-order valence-electron chi connectivity index (χ0n) is 27.7. The van der Waals surface area contributed by atoms with Crippen molar-refractivity contribution in [2.45, 2.75) is 127 Å². The summed E-state index contributed by atoms with van der Waals surface area (Å²) in [6, 6.07) is 0.867. The molecule has 0 radical (unpaired) electrons. The van der Waals surface area contributed by atoms with E-state index in [0.29, 0.717) is 32.2 Å². The summed E-state index contributed by atoms with van der Waals surface area (Å²) < 4.78 is 67.5. The van der Waals surface area contributed by atoms with Crippen molar-refractivity contribution in [3.63, 3.8) is 0 Å². The van der Waals surface area contributed by atoms with Crippen molar-refractivity contribution in [2.24, 2.45) is 34.5 Å². The third kappa shape index (κ3) is 7.03. The van der Waals surface area contributed by atoms with Gasteiger partial charge in [0.2, 0.25) is 0 Å². The van der Waals surface area contributed by atoms with Crippen molar-refractivity contribution < 1.29 is 30.7 Å². The molecular formula is C33H55N3O7S2. The molecule has 10 nitrogen and oxygen atoms in total. The van der Waals surface area contributed by atoms with Gasteiger partial charge in [-0.25, -0.2) is 0 Å². The van der Waals surface area contributed by atoms with Crippen molar-refractivity contribution in [3.05, 3.63) is 24.3 Å². The first-order valence-corrected chi connectivity index (χ1v) is 19.8. The zero-order valence-corrected chi connectivity index (χ0v) is 29.4. The van der Waals surface area contributed by atoms with Crippen LogP contribution in [0.2, 0.25) is 0 Å². The van der Waals surface area contributed by atoms with Crippen molar-refractivity contribution in [1.29, 1.82) is 0 Å². The maximum absolute atomic E-state index is 12.0. The summed E-state index contributed by atoms with van der Waals surface area (Å²) in [4.78, 5) is 14.4. The van der Waals surface area contributed by atoms with E-state index in [-0.39, 0.29) is 70.5 Å². The van der Waals surface area contributed by atoms with Crippen LogP contribution in [0, 0.1) is 34.5 Å². The molecule has 0 aromatic rings. The van der Waals surface area contributed by atoms with Crippen LogP contribution < -0.4 is 10.6 Å². The van der Waals surface area contributed by atoms with E-state index in [2.05, 4.69) is 68.5 Å². The summed E-state index contributed by atoms with van der Waals surface area (Å²) in [5.41, 5.74) is -0.321. The quantitative estimate of drug-likeness (QED) is 0.210. The third-order valence-corrected chi connectivity index (χ3v) is 15.3. The van der Waals surface area contributed by atoms with E-state index in [1.54, 1.807) is 6.92 Å². The average molecular weight is 670 g/mol. The van der Waals surface area contributed by atoms with Crippen LogP contribution in [-0.4, -0.2) is 90.9 Å². The maximum atomic E-state index is 12.0. The number of rotatable bonds is 9. The van der Waals surface area contributed by atoms with Gasteiger partial charge < -0.3 is 10.6 Å². The van der Waals surface area contributed by atoms with E-state index in [1.807, 2.05) is 6.08 Å². The first-order chi connectivity index (χ1) is 20.8. The largest absolute Gasteiger partial charge is 0.310 e. The van der Waals surface area contributed by atoms with E-state index < -0.39 is 30.7 Å². The predicted molar refractivity (Wildman–Crippen MR) is 176 cm³/mol. The van der Waals surface area contributed by atoms with Crippen LogP contribution >= 0.6 is 0 Å². The molecule has 3 aliphatic heterocycles.